The smallest absolute Gasteiger partial charge is 0.255 e. The molecule has 2 aromatic rings. The van der Waals surface area contributed by atoms with E-state index >= 15 is 0 Å². The van der Waals surface area contributed by atoms with Gasteiger partial charge in [-0.15, -0.1) is 0 Å². The summed E-state index contributed by atoms with van der Waals surface area (Å²) in [4.78, 5) is 15.7. The molecule has 2 rings (SSSR count). The Morgan fingerprint density at radius 3 is 2.83 bits per heavy atom. The van der Waals surface area contributed by atoms with Crippen LogP contribution in [0.4, 0.5) is 10.1 Å². The Labute approximate surface area is 116 Å². The van der Waals surface area contributed by atoms with Crippen molar-refractivity contribution in [1.82, 2.24) is 4.98 Å². The molecule has 0 radical (unpaired) electrons. The molecule has 1 heterocycles. The lowest BCUT2D eigenvalue weighted by Crippen LogP contribution is -2.12. The topological polar surface area (TPSA) is 42.0 Å². The van der Waals surface area contributed by atoms with Crippen LogP contribution >= 0.6 is 27.5 Å². The minimum Gasteiger partial charge on any atom is -0.319 e. The number of nitrogens with zero attached hydrogens (tertiary/aromatic N) is 1. The summed E-state index contributed by atoms with van der Waals surface area (Å²) < 4.78 is 13.3. The summed E-state index contributed by atoms with van der Waals surface area (Å²) in [6.07, 6.45) is 1.52. The van der Waals surface area contributed by atoms with Crippen LogP contribution in [0.25, 0.3) is 0 Å². The zero-order chi connectivity index (χ0) is 13.1. The first kappa shape index (κ1) is 13.0. The van der Waals surface area contributed by atoms with Crippen molar-refractivity contribution in [1.29, 1.82) is 0 Å². The second kappa shape index (κ2) is 5.46. The largest absolute Gasteiger partial charge is 0.319 e. The van der Waals surface area contributed by atoms with E-state index in [9.17, 15) is 9.18 Å². The molecule has 0 spiro atoms. The molecular weight excluding hydrogens is 322 g/mol. The van der Waals surface area contributed by atoms with Crippen molar-refractivity contribution in [2.75, 3.05) is 5.32 Å². The van der Waals surface area contributed by atoms with Gasteiger partial charge in [-0.05, 0) is 46.3 Å². The predicted octanol–water partition coefficient (Wildman–Crippen LogP) is 3.89. The maximum absolute atomic E-state index is 13.0. The van der Waals surface area contributed by atoms with Gasteiger partial charge in [0, 0.05) is 11.8 Å². The second-order valence-electron chi connectivity index (χ2n) is 3.42. The van der Waals surface area contributed by atoms with Crippen LogP contribution in [-0.4, -0.2) is 10.9 Å². The molecule has 0 atom stereocenters. The van der Waals surface area contributed by atoms with E-state index in [4.69, 9.17) is 11.6 Å². The van der Waals surface area contributed by atoms with Gasteiger partial charge in [0.25, 0.3) is 5.91 Å². The van der Waals surface area contributed by atoms with Gasteiger partial charge in [-0.2, -0.15) is 0 Å². The van der Waals surface area contributed by atoms with Crippen LogP contribution in [0.1, 0.15) is 10.4 Å². The summed E-state index contributed by atoms with van der Waals surface area (Å²) in [7, 11) is 0. The number of aromatic nitrogens is 1. The van der Waals surface area contributed by atoms with E-state index in [0.717, 1.165) is 0 Å². The molecule has 0 aliphatic heterocycles. The van der Waals surface area contributed by atoms with Gasteiger partial charge in [0.2, 0.25) is 0 Å². The molecule has 1 amide bonds. The highest BCUT2D eigenvalue weighted by molar-refractivity contribution is 9.10. The highest BCUT2D eigenvalue weighted by Crippen LogP contribution is 2.20. The zero-order valence-electron chi connectivity index (χ0n) is 8.95. The molecule has 3 nitrogen and oxygen atoms in total. The number of pyridine rings is 1. The zero-order valence-corrected chi connectivity index (χ0v) is 11.3. The van der Waals surface area contributed by atoms with Gasteiger partial charge in [0.1, 0.15) is 5.82 Å². The molecule has 92 valence electrons. The molecule has 0 unspecified atom stereocenters. The molecule has 0 bridgehead atoms. The Kier molecular flexibility index (Phi) is 3.93. The van der Waals surface area contributed by atoms with Crippen LogP contribution in [0.15, 0.2) is 41.0 Å². The quantitative estimate of drug-likeness (QED) is 0.849. The van der Waals surface area contributed by atoms with Gasteiger partial charge in [0.05, 0.1) is 10.2 Å². The second-order valence-corrected chi connectivity index (χ2v) is 4.64. The fraction of sp³-hybridized carbons (Fsp3) is 0. The fourth-order valence-corrected chi connectivity index (χ4v) is 1.86. The maximum Gasteiger partial charge on any atom is 0.255 e. The molecule has 0 aliphatic rings. The van der Waals surface area contributed by atoms with E-state index in [-0.39, 0.29) is 15.5 Å². The van der Waals surface area contributed by atoms with Crippen LogP contribution < -0.4 is 5.32 Å². The van der Waals surface area contributed by atoms with E-state index in [1.807, 2.05) is 0 Å². The molecule has 1 aromatic carbocycles. The van der Waals surface area contributed by atoms with Crippen LogP contribution in [0.5, 0.6) is 0 Å². The molecule has 6 heteroatoms. The van der Waals surface area contributed by atoms with Gasteiger partial charge >= 0.3 is 0 Å². The number of benzene rings is 1. The molecule has 0 fully saturated rings. The number of hydrogen-bond acceptors (Lipinski definition) is 2. The van der Waals surface area contributed by atoms with Gasteiger partial charge in [0.15, 0.2) is 5.15 Å². The summed E-state index contributed by atoms with van der Waals surface area (Å²) in [5, 5.41) is 2.80. The van der Waals surface area contributed by atoms with Crippen LogP contribution in [0.3, 0.4) is 0 Å². The lowest BCUT2D eigenvalue weighted by Gasteiger charge is -2.06. The number of anilines is 1. The minimum atomic E-state index is -0.425. The average Bonchev–Trinajstić information content (AvgIpc) is 2.35. The number of carbonyl (C=O) groups excluding carboxylic acids is 1. The van der Waals surface area contributed by atoms with E-state index in [1.165, 1.54) is 24.4 Å². The number of carbonyl (C=O) groups is 1. The molecule has 1 aromatic heterocycles. The summed E-state index contributed by atoms with van der Waals surface area (Å²) in [5.41, 5.74) is 0.729. The van der Waals surface area contributed by atoms with Crippen molar-refractivity contribution in [3.8, 4) is 0 Å². The standard InChI is InChI=1S/C12H7BrClFN2O/c13-8-6-7(3-4-9(8)15)12(18)17-10-2-1-5-16-11(10)14/h1-6H,(H,17,18). The van der Waals surface area contributed by atoms with E-state index in [1.54, 1.807) is 12.1 Å². The normalized spacial score (nSPS) is 10.2. The van der Waals surface area contributed by atoms with E-state index < -0.39 is 5.82 Å². The SMILES string of the molecule is O=C(Nc1cccnc1Cl)c1ccc(F)c(Br)c1. The van der Waals surface area contributed by atoms with Crippen LogP contribution in [0, 0.1) is 5.82 Å². The lowest BCUT2D eigenvalue weighted by molar-refractivity contribution is 0.102. The van der Waals surface area contributed by atoms with Crippen molar-refractivity contribution in [2.24, 2.45) is 0 Å². The lowest BCUT2D eigenvalue weighted by atomic mass is 10.2. The van der Waals surface area contributed by atoms with Crippen molar-refractivity contribution in [3.05, 3.63) is 57.5 Å². The summed E-state index contributed by atoms with van der Waals surface area (Å²) in [5.74, 6) is -0.809. The van der Waals surface area contributed by atoms with Crippen LogP contribution in [-0.2, 0) is 0 Å². The first-order valence-electron chi connectivity index (χ1n) is 4.95. The Bertz CT molecular complexity index is 606. The van der Waals surface area contributed by atoms with Crippen molar-refractivity contribution in [3.63, 3.8) is 0 Å². The number of amides is 1. The monoisotopic (exact) mass is 328 g/mol. The molecule has 18 heavy (non-hydrogen) atoms. The molecule has 0 saturated heterocycles. The Morgan fingerprint density at radius 2 is 2.17 bits per heavy atom. The van der Waals surface area contributed by atoms with Crippen LogP contribution in [0.2, 0.25) is 5.15 Å². The fourth-order valence-electron chi connectivity index (χ4n) is 1.31. The summed E-state index contributed by atoms with van der Waals surface area (Å²) in [6, 6.07) is 7.28. The first-order valence-corrected chi connectivity index (χ1v) is 6.12. The van der Waals surface area contributed by atoms with Crippen molar-refractivity contribution in [2.45, 2.75) is 0 Å². The van der Waals surface area contributed by atoms with Gasteiger partial charge in [-0.3, -0.25) is 4.79 Å². The highest BCUT2D eigenvalue weighted by Gasteiger charge is 2.10. The number of nitrogens with one attached hydrogen (secondary N) is 1. The first-order chi connectivity index (χ1) is 8.58. The Balaban J connectivity index is 2.22. The third-order valence-corrected chi connectivity index (χ3v) is 3.10. The molecular formula is C12H7BrClFN2O. The average molecular weight is 330 g/mol. The third-order valence-electron chi connectivity index (χ3n) is 2.19. The number of halogens is 3. The van der Waals surface area contributed by atoms with Crippen molar-refractivity contribution >= 4 is 39.1 Å². The predicted molar refractivity (Wildman–Crippen MR) is 71.3 cm³/mol. The maximum atomic E-state index is 13.0. The number of rotatable bonds is 2. The van der Waals surface area contributed by atoms with Gasteiger partial charge in [-0.25, -0.2) is 9.37 Å². The Morgan fingerprint density at radius 1 is 1.39 bits per heavy atom. The highest BCUT2D eigenvalue weighted by atomic mass is 79.9. The van der Waals surface area contributed by atoms with E-state index in [0.29, 0.717) is 11.3 Å². The van der Waals surface area contributed by atoms with Crippen molar-refractivity contribution < 1.29 is 9.18 Å². The van der Waals surface area contributed by atoms with Gasteiger partial charge < -0.3 is 5.32 Å². The molecule has 1 N–H and O–H groups in total. The summed E-state index contributed by atoms with van der Waals surface area (Å²) in [6.45, 7) is 0. The summed E-state index contributed by atoms with van der Waals surface area (Å²) >= 11 is 8.84. The Hall–Kier alpha value is -1.46. The van der Waals surface area contributed by atoms with E-state index in [2.05, 4.69) is 26.2 Å². The van der Waals surface area contributed by atoms with Gasteiger partial charge in [-0.1, -0.05) is 11.6 Å². The molecule has 0 aliphatic carbocycles. The third kappa shape index (κ3) is 2.86. The minimum absolute atomic E-state index is 0.201. The number of hydrogen-bond donors (Lipinski definition) is 1. The molecule has 0 saturated carbocycles.